The molecule has 150 valence electrons. The average Bonchev–Trinajstić information content (AvgIpc) is 3.11. The van der Waals surface area contributed by atoms with Crippen LogP contribution in [0.4, 0.5) is 8.78 Å². The van der Waals surface area contributed by atoms with E-state index in [4.69, 9.17) is 0 Å². The van der Waals surface area contributed by atoms with E-state index in [1.165, 1.54) is 0 Å². The first-order chi connectivity index (χ1) is 13.4. The molecule has 2 aliphatic rings. The Hall–Kier alpha value is -2.35. The summed E-state index contributed by atoms with van der Waals surface area (Å²) in [7, 11) is 0. The summed E-state index contributed by atoms with van der Waals surface area (Å²) in [6, 6.07) is 5.68. The normalized spacial score (nSPS) is 25.4. The Morgan fingerprint density at radius 1 is 1.25 bits per heavy atom. The molecule has 1 atom stereocenters. The zero-order valence-corrected chi connectivity index (χ0v) is 16.0. The van der Waals surface area contributed by atoms with Crippen LogP contribution in [-0.2, 0) is 17.9 Å². The van der Waals surface area contributed by atoms with Gasteiger partial charge in [-0.1, -0.05) is 6.07 Å². The number of aromatic nitrogens is 3. The Morgan fingerprint density at radius 2 is 2.11 bits per heavy atom. The first-order valence-electron chi connectivity index (χ1n) is 9.65. The summed E-state index contributed by atoms with van der Waals surface area (Å²) in [5, 5.41) is 6.60. The summed E-state index contributed by atoms with van der Waals surface area (Å²) in [4.78, 5) is 21.2. The topological polar surface area (TPSA) is 65.1 Å². The van der Waals surface area contributed by atoms with Gasteiger partial charge in [0.15, 0.2) is 0 Å². The summed E-state index contributed by atoms with van der Waals surface area (Å²) < 4.78 is 29.3. The molecule has 0 bridgehead atoms. The highest BCUT2D eigenvalue weighted by molar-refractivity contribution is 5.84. The molecule has 0 aliphatic carbocycles. The van der Waals surface area contributed by atoms with Crippen LogP contribution in [0.25, 0.3) is 0 Å². The predicted octanol–water partition coefficient (Wildman–Crippen LogP) is 2.76. The number of nitrogens with zero attached hydrogens (tertiary/aromatic N) is 4. The van der Waals surface area contributed by atoms with Gasteiger partial charge < -0.3 is 4.90 Å². The number of amides is 1. The fourth-order valence-electron chi connectivity index (χ4n) is 4.65. The van der Waals surface area contributed by atoms with Crippen LogP contribution < -0.4 is 0 Å². The summed E-state index contributed by atoms with van der Waals surface area (Å²) in [5.41, 5.74) is 1.49. The van der Waals surface area contributed by atoms with Gasteiger partial charge in [0.1, 0.15) is 0 Å². The van der Waals surface area contributed by atoms with Crippen molar-refractivity contribution >= 4 is 5.91 Å². The van der Waals surface area contributed by atoms with Crippen molar-refractivity contribution in [2.24, 2.45) is 5.41 Å². The third-order valence-corrected chi connectivity index (χ3v) is 5.66. The Balaban J connectivity index is 1.54. The highest BCUT2D eigenvalue weighted by atomic mass is 19.3. The molecule has 8 heteroatoms. The first kappa shape index (κ1) is 19.0. The average molecular weight is 389 g/mol. The van der Waals surface area contributed by atoms with Crippen molar-refractivity contribution < 1.29 is 13.6 Å². The molecule has 28 heavy (non-hydrogen) atoms. The number of carbonyl (C=O) groups excluding carboxylic acids is 1. The molecular weight excluding hydrogens is 364 g/mol. The van der Waals surface area contributed by atoms with Gasteiger partial charge in [0.25, 0.3) is 5.92 Å². The van der Waals surface area contributed by atoms with Gasteiger partial charge in [0, 0.05) is 43.5 Å². The highest BCUT2D eigenvalue weighted by Gasteiger charge is 2.55. The molecule has 6 nitrogen and oxygen atoms in total. The van der Waals surface area contributed by atoms with Crippen molar-refractivity contribution in [1.29, 1.82) is 0 Å². The number of aryl methyl sites for hydroxylation is 1. The fraction of sp³-hybridized carbons (Fsp3) is 0.550. The van der Waals surface area contributed by atoms with Crippen LogP contribution in [0.3, 0.4) is 0 Å². The van der Waals surface area contributed by atoms with Crippen LogP contribution in [0.5, 0.6) is 0 Å². The van der Waals surface area contributed by atoms with Crippen molar-refractivity contribution in [3.63, 3.8) is 0 Å². The molecule has 1 amide bonds. The summed E-state index contributed by atoms with van der Waals surface area (Å²) in [6.07, 6.45) is 4.20. The lowest BCUT2D eigenvalue weighted by molar-refractivity contribution is -0.170. The number of pyridine rings is 1. The summed E-state index contributed by atoms with van der Waals surface area (Å²) in [6.45, 7) is 3.25. The van der Waals surface area contributed by atoms with Crippen molar-refractivity contribution in [1.82, 2.24) is 25.0 Å². The maximum atomic E-state index is 14.6. The number of halogens is 2. The smallest absolute Gasteiger partial charge is 0.261 e. The number of rotatable bonds is 4. The quantitative estimate of drug-likeness (QED) is 0.873. The van der Waals surface area contributed by atoms with E-state index in [0.717, 1.165) is 23.4 Å². The monoisotopic (exact) mass is 389 g/mol. The highest BCUT2D eigenvalue weighted by Crippen LogP contribution is 2.45. The van der Waals surface area contributed by atoms with E-state index in [1.807, 2.05) is 25.1 Å². The summed E-state index contributed by atoms with van der Waals surface area (Å²) in [5.74, 6) is -3.05. The molecule has 1 N–H and O–H groups in total. The molecule has 2 aromatic rings. The number of carbonyl (C=O) groups is 1. The van der Waals surface area contributed by atoms with Crippen LogP contribution >= 0.6 is 0 Å². The van der Waals surface area contributed by atoms with Gasteiger partial charge in [0.05, 0.1) is 30.4 Å². The molecular formula is C20H25F2N5O. The minimum atomic E-state index is -2.89. The lowest BCUT2D eigenvalue weighted by Gasteiger charge is -2.49. The number of nitrogens with one attached hydrogen (secondary N) is 1. The number of likely N-dealkylation sites (tertiary alicyclic amines) is 2. The number of alkyl halides is 2. The molecule has 4 rings (SSSR count). The Bertz CT molecular complexity index is 841. The number of hydrogen-bond donors (Lipinski definition) is 1. The zero-order valence-electron chi connectivity index (χ0n) is 16.0. The number of piperidine rings is 2. The van der Waals surface area contributed by atoms with Gasteiger partial charge in [-0.05, 0) is 31.9 Å². The van der Waals surface area contributed by atoms with E-state index >= 15 is 0 Å². The van der Waals surface area contributed by atoms with Gasteiger partial charge >= 0.3 is 0 Å². The molecule has 2 aromatic heterocycles. The van der Waals surface area contributed by atoms with Gasteiger partial charge in [-0.2, -0.15) is 5.10 Å². The number of aromatic amines is 1. The van der Waals surface area contributed by atoms with E-state index in [1.54, 1.807) is 22.2 Å². The van der Waals surface area contributed by atoms with Crippen molar-refractivity contribution in [3.8, 4) is 0 Å². The lowest BCUT2D eigenvalue weighted by Crippen LogP contribution is -2.60. The van der Waals surface area contributed by atoms with E-state index < -0.39 is 11.3 Å². The SMILES string of the molecule is Cc1cccc(CN2CCC[C@@]3(CN(Cc4cn[nH]c4)CC(F)(F)C3)C2=O)n1. The molecule has 2 fully saturated rings. The van der Waals surface area contributed by atoms with Crippen LogP contribution in [0.1, 0.15) is 36.2 Å². The van der Waals surface area contributed by atoms with Crippen molar-refractivity contribution in [3.05, 3.63) is 47.5 Å². The molecule has 0 radical (unpaired) electrons. The van der Waals surface area contributed by atoms with Gasteiger partial charge in [-0.15, -0.1) is 0 Å². The van der Waals surface area contributed by atoms with Gasteiger partial charge in [-0.25, -0.2) is 8.78 Å². The third-order valence-electron chi connectivity index (χ3n) is 5.66. The maximum Gasteiger partial charge on any atom is 0.261 e. The van der Waals surface area contributed by atoms with Crippen LogP contribution in [0.15, 0.2) is 30.6 Å². The number of H-pyrrole nitrogens is 1. The standard InChI is InChI=1S/C20H25F2N5O/c1-15-4-2-5-17(25-15)11-27-7-3-6-19(18(27)28)12-20(21,22)14-26(13-19)10-16-8-23-24-9-16/h2,4-5,8-9H,3,6-7,10-14H2,1H3,(H,23,24)/t19-/m1/s1. The second-order valence-corrected chi connectivity index (χ2v) is 8.17. The minimum Gasteiger partial charge on any atom is -0.336 e. The Labute approximate surface area is 162 Å². The van der Waals surface area contributed by atoms with E-state index in [0.29, 0.717) is 32.6 Å². The second kappa shape index (κ2) is 7.24. The van der Waals surface area contributed by atoms with Gasteiger partial charge in [-0.3, -0.25) is 19.8 Å². The van der Waals surface area contributed by atoms with Crippen LogP contribution in [0.2, 0.25) is 0 Å². The Morgan fingerprint density at radius 3 is 2.86 bits per heavy atom. The van der Waals surface area contributed by atoms with Crippen LogP contribution in [0, 0.1) is 12.3 Å². The summed E-state index contributed by atoms with van der Waals surface area (Å²) >= 11 is 0. The minimum absolute atomic E-state index is 0.168. The van der Waals surface area contributed by atoms with Crippen LogP contribution in [-0.4, -0.2) is 56.4 Å². The molecule has 2 saturated heterocycles. The molecule has 1 spiro atoms. The largest absolute Gasteiger partial charge is 0.336 e. The predicted molar refractivity (Wildman–Crippen MR) is 99.5 cm³/mol. The Kier molecular flexibility index (Phi) is 4.91. The first-order valence-corrected chi connectivity index (χ1v) is 9.65. The van der Waals surface area contributed by atoms with E-state index in [-0.39, 0.29) is 18.9 Å². The fourth-order valence-corrected chi connectivity index (χ4v) is 4.65. The zero-order chi connectivity index (χ0) is 19.8. The van der Waals surface area contributed by atoms with Gasteiger partial charge in [0.2, 0.25) is 5.91 Å². The molecule has 4 heterocycles. The lowest BCUT2D eigenvalue weighted by atomic mass is 9.71. The molecule has 0 unspecified atom stereocenters. The number of hydrogen-bond acceptors (Lipinski definition) is 4. The van der Waals surface area contributed by atoms with E-state index in [9.17, 15) is 13.6 Å². The van der Waals surface area contributed by atoms with E-state index in [2.05, 4.69) is 15.2 Å². The second-order valence-electron chi connectivity index (χ2n) is 8.17. The third kappa shape index (κ3) is 3.92. The van der Waals surface area contributed by atoms with Crippen molar-refractivity contribution in [2.45, 2.75) is 45.2 Å². The van der Waals surface area contributed by atoms with Crippen molar-refractivity contribution in [2.75, 3.05) is 19.6 Å². The maximum absolute atomic E-state index is 14.6. The molecule has 0 saturated carbocycles. The molecule has 2 aliphatic heterocycles. The molecule has 0 aromatic carbocycles.